The second kappa shape index (κ2) is 4.51. The predicted molar refractivity (Wildman–Crippen MR) is 77.7 cm³/mol. The molecule has 3 saturated carbocycles. The summed E-state index contributed by atoms with van der Waals surface area (Å²) < 4.78 is 5.99. The Morgan fingerprint density at radius 2 is 1.75 bits per heavy atom. The van der Waals surface area contributed by atoms with Crippen LogP contribution in [0.4, 0.5) is 5.69 Å². The molecule has 3 aliphatic carbocycles. The molecule has 0 radical (unpaired) electrons. The molecule has 0 saturated heterocycles. The number of ether oxygens (including phenoxy) is 1. The van der Waals surface area contributed by atoms with Crippen molar-refractivity contribution in [2.24, 2.45) is 11.3 Å². The van der Waals surface area contributed by atoms with Crippen LogP contribution in [0.2, 0.25) is 0 Å². The van der Waals surface area contributed by atoms with E-state index in [9.17, 15) is 4.79 Å². The van der Waals surface area contributed by atoms with Crippen LogP contribution in [0.5, 0.6) is 5.75 Å². The Labute approximate surface area is 119 Å². The molecule has 1 N–H and O–H groups in total. The van der Waals surface area contributed by atoms with Crippen molar-refractivity contribution in [3.8, 4) is 5.75 Å². The summed E-state index contributed by atoms with van der Waals surface area (Å²) in [6.45, 7) is 0. The predicted octanol–water partition coefficient (Wildman–Crippen LogP) is 3.75. The lowest BCUT2D eigenvalue weighted by molar-refractivity contribution is -0.119. The van der Waals surface area contributed by atoms with Crippen LogP contribution in [0.25, 0.3) is 0 Å². The summed E-state index contributed by atoms with van der Waals surface area (Å²) in [7, 11) is 0. The number of benzene rings is 1. The van der Waals surface area contributed by atoms with Crippen molar-refractivity contribution in [3.05, 3.63) is 24.3 Å². The van der Waals surface area contributed by atoms with Gasteiger partial charge in [-0.3, -0.25) is 4.79 Å². The van der Waals surface area contributed by atoms with Gasteiger partial charge in [0, 0.05) is 5.69 Å². The Bertz CT molecular complexity index is 510. The van der Waals surface area contributed by atoms with Crippen LogP contribution in [-0.4, -0.2) is 12.0 Å². The zero-order chi connectivity index (χ0) is 13.6. The fraction of sp³-hybridized carbons (Fsp3) is 0.588. The molecular weight excluding hydrogens is 250 g/mol. The first kappa shape index (κ1) is 12.2. The first-order valence-electron chi connectivity index (χ1n) is 7.84. The van der Waals surface area contributed by atoms with Crippen LogP contribution in [0.15, 0.2) is 24.3 Å². The van der Waals surface area contributed by atoms with E-state index < -0.39 is 0 Å². The maximum absolute atomic E-state index is 12.0. The number of fused-ring (bicyclic) bond motifs is 1. The zero-order valence-electron chi connectivity index (χ0n) is 11.7. The summed E-state index contributed by atoms with van der Waals surface area (Å²) >= 11 is 0. The molecule has 0 atom stereocenters. The number of carbonyl (C=O) groups excluding carboxylic acids is 1. The number of anilines is 1. The van der Waals surface area contributed by atoms with Crippen molar-refractivity contribution in [2.45, 2.75) is 51.0 Å². The van der Waals surface area contributed by atoms with E-state index in [0.29, 0.717) is 12.0 Å². The third-order valence-corrected chi connectivity index (χ3v) is 5.10. The van der Waals surface area contributed by atoms with E-state index in [-0.39, 0.29) is 11.3 Å². The van der Waals surface area contributed by atoms with E-state index in [1.165, 1.54) is 32.1 Å². The van der Waals surface area contributed by atoms with Crippen LogP contribution in [0.3, 0.4) is 0 Å². The van der Waals surface area contributed by atoms with Crippen LogP contribution in [0.1, 0.15) is 44.9 Å². The molecule has 1 aromatic rings. The smallest absolute Gasteiger partial charge is 0.230 e. The third-order valence-electron chi connectivity index (χ3n) is 5.10. The Balaban J connectivity index is 1.34. The summed E-state index contributed by atoms with van der Waals surface area (Å²) in [5.74, 6) is 1.82. The molecule has 3 nitrogen and oxygen atoms in total. The topological polar surface area (TPSA) is 38.3 Å². The number of rotatable bonds is 4. The second-order valence-electron chi connectivity index (χ2n) is 6.62. The summed E-state index contributed by atoms with van der Waals surface area (Å²) in [6, 6.07) is 7.84. The number of hydrogen-bond acceptors (Lipinski definition) is 2. The van der Waals surface area contributed by atoms with Gasteiger partial charge in [0.1, 0.15) is 5.75 Å². The fourth-order valence-electron chi connectivity index (χ4n) is 3.32. The molecule has 1 aromatic carbocycles. The Morgan fingerprint density at radius 3 is 2.35 bits per heavy atom. The summed E-state index contributed by atoms with van der Waals surface area (Å²) in [5, 5.41) is 3.02. The summed E-state index contributed by atoms with van der Waals surface area (Å²) in [5.41, 5.74) is 0.926. The molecule has 4 rings (SSSR count). The first-order valence-corrected chi connectivity index (χ1v) is 7.84. The van der Waals surface area contributed by atoms with E-state index in [0.717, 1.165) is 24.3 Å². The molecule has 3 heteroatoms. The highest BCUT2D eigenvalue weighted by Gasteiger charge is 2.74. The summed E-state index contributed by atoms with van der Waals surface area (Å²) in [4.78, 5) is 12.0. The van der Waals surface area contributed by atoms with Gasteiger partial charge >= 0.3 is 0 Å². The van der Waals surface area contributed by atoms with Gasteiger partial charge in [-0.2, -0.15) is 0 Å². The van der Waals surface area contributed by atoms with Gasteiger partial charge in [0.2, 0.25) is 5.91 Å². The van der Waals surface area contributed by atoms with Gasteiger partial charge in [0.05, 0.1) is 11.5 Å². The number of carbonyl (C=O) groups is 1. The third kappa shape index (κ3) is 2.19. The van der Waals surface area contributed by atoms with Gasteiger partial charge in [-0.1, -0.05) is 6.42 Å². The Hall–Kier alpha value is -1.51. The van der Waals surface area contributed by atoms with Gasteiger partial charge < -0.3 is 10.1 Å². The standard InChI is InChI=1S/C17H21NO2/c19-16(17-10-12(17)11-17)18-13-6-8-15(9-7-13)20-14-4-2-1-3-5-14/h6-9,12,14H,1-5,10-11H2,(H,18,19). The van der Waals surface area contributed by atoms with Crippen molar-refractivity contribution < 1.29 is 9.53 Å². The Kier molecular flexibility index (Phi) is 2.76. The lowest BCUT2D eigenvalue weighted by atomic mass is 9.98. The van der Waals surface area contributed by atoms with Gasteiger partial charge in [0.25, 0.3) is 0 Å². The molecule has 0 unspecified atom stereocenters. The van der Waals surface area contributed by atoms with E-state index >= 15 is 0 Å². The molecule has 0 aromatic heterocycles. The SMILES string of the molecule is O=C(Nc1ccc(OC2CCCCC2)cc1)C12CC1C2. The molecule has 3 aliphatic rings. The molecule has 0 bridgehead atoms. The van der Waals surface area contributed by atoms with Gasteiger partial charge in [-0.15, -0.1) is 0 Å². The van der Waals surface area contributed by atoms with Crippen LogP contribution >= 0.6 is 0 Å². The zero-order valence-corrected chi connectivity index (χ0v) is 11.7. The molecule has 20 heavy (non-hydrogen) atoms. The van der Waals surface area contributed by atoms with E-state index in [1.807, 2.05) is 24.3 Å². The highest BCUT2D eigenvalue weighted by atomic mass is 16.5. The fourth-order valence-corrected chi connectivity index (χ4v) is 3.32. The highest BCUT2D eigenvalue weighted by molar-refractivity contribution is 6.00. The number of nitrogens with one attached hydrogen (secondary N) is 1. The molecule has 106 valence electrons. The average molecular weight is 271 g/mol. The summed E-state index contributed by atoms with van der Waals surface area (Å²) in [6.07, 6.45) is 8.81. The van der Waals surface area contributed by atoms with Crippen LogP contribution in [0, 0.1) is 11.3 Å². The highest BCUT2D eigenvalue weighted by Crippen LogP contribution is 2.75. The van der Waals surface area contributed by atoms with E-state index in [4.69, 9.17) is 4.74 Å². The van der Waals surface area contributed by atoms with Crippen LogP contribution in [-0.2, 0) is 4.79 Å². The van der Waals surface area contributed by atoms with E-state index in [1.54, 1.807) is 0 Å². The molecule has 3 fully saturated rings. The first-order chi connectivity index (χ1) is 9.76. The molecular formula is C17H21NO2. The number of hydrogen-bond donors (Lipinski definition) is 1. The minimum Gasteiger partial charge on any atom is -0.490 e. The van der Waals surface area contributed by atoms with Crippen molar-refractivity contribution in [1.82, 2.24) is 0 Å². The largest absolute Gasteiger partial charge is 0.490 e. The lowest BCUT2D eigenvalue weighted by Gasteiger charge is -2.23. The van der Waals surface area contributed by atoms with Crippen molar-refractivity contribution in [2.75, 3.05) is 5.32 Å². The average Bonchev–Trinajstić information content (AvgIpc) is 3.31. The van der Waals surface area contributed by atoms with Gasteiger partial charge in [-0.05, 0) is 68.7 Å². The lowest BCUT2D eigenvalue weighted by Crippen LogP contribution is -2.20. The van der Waals surface area contributed by atoms with Gasteiger partial charge in [-0.25, -0.2) is 0 Å². The maximum Gasteiger partial charge on any atom is 0.230 e. The van der Waals surface area contributed by atoms with E-state index in [2.05, 4.69) is 5.32 Å². The van der Waals surface area contributed by atoms with Crippen molar-refractivity contribution in [1.29, 1.82) is 0 Å². The maximum atomic E-state index is 12.0. The molecule has 1 amide bonds. The second-order valence-corrected chi connectivity index (χ2v) is 6.62. The van der Waals surface area contributed by atoms with Gasteiger partial charge in [0.15, 0.2) is 0 Å². The minimum absolute atomic E-state index is 0.0390. The molecule has 0 spiro atoms. The van der Waals surface area contributed by atoms with Crippen LogP contribution < -0.4 is 10.1 Å². The number of amides is 1. The monoisotopic (exact) mass is 271 g/mol. The van der Waals surface area contributed by atoms with Crippen molar-refractivity contribution >= 4 is 11.6 Å². The quantitative estimate of drug-likeness (QED) is 0.905. The minimum atomic E-state index is 0.0390. The normalized spacial score (nSPS) is 31.3. The molecule has 0 aliphatic heterocycles. The Morgan fingerprint density at radius 1 is 1.10 bits per heavy atom. The van der Waals surface area contributed by atoms with Crippen molar-refractivity contribution in [3.63, 3.8) is 0 Å². The molecule has 0 heterocycles.